The standard InChI is InChI=1S/C26H35N7O6/c1-15(2)12-33(17-9-16(13-32(14-17)25(36)37)20-30-24(35)39-31-20)22(34)19-11-28-23(26(3,4)5)29-21(19)27-10-18-7-6-8-38-18/h6-8,11,15-17H,9-10,12-14H2,1-5H3,(H,36,37)(H,27,28,29)(H,30,31,35). The van der Waals surface area contributed by atoms with Gasteiger partial charge in [0, 0.05) is 37.2 Å². The summed E-state index contributed by atoms with van der Waals surface area (Å²) in [5, 5.41) is 16.8. The number of nitrogens with zero attached hydrogens (tertiary/aromatic N) is 5. The van der Waals surface area contributed by atoms with Gasteiger partial charge in [-0.25, -0.2) is 19.6 Å². The van der Waals surface area contributed by atoms with Crippen molar-refractivity contribution in [2.45, 2.75) is 65.0 Å². The maximum absolute atomic E-state index is 14.2. The molecule has 1 aliphatic rings. The van der Waals surface area contributed by atoms with E-state index in [1.54, 1.807) is 17.2 Å². The summed E-state index contributed by atoms with van der Waals surface area (Å²) in [6.07, 6.45) is 2.37. The Kier molecular flexibility index (Phi) is 8.07. The van der Waals surface area contributed by atoms with Crippen molar-refractivity contribution in [1.82, 2.24) is 29.9 Å². The number of H-pyrrole nitrogens is 1. The lowest BCUT2D eigenvalue weighted by Gasteiger charge is -2.41. The Morgan fingerprint density at radius 2 is 2.08 bits per heavy atom. The number of anilines is 1. The Hall–Kier alpha value is -4.16. The summed E-state index contributed by atoms with van der Waals surface area (Å²) in [5.74, 6) is 0.472. The Balaban J connectivity index is 1.70. The first-order valence-electron chi connectivity index (χ1n) is 12.9. The van der Waals surface area contributed by atoms with Crippen molar-refractivity contribution < 1.29 is 23.6 Å². The van der Waals surface area contributed by atoms with Crippen LogP contribution in [0.5, 0.6) is 0 Å². The number of carbonyl (C=O) groups is 2. The number of carboxylic acid groups (broad SMARTS) is 1. The SMILES string of the molecule is CC(C)CN(C(=O)c1cnc(C(C)(C)C)nc1NCc1ccco1)C1CC(c2noc(=O)[nH]2)CN(C(=O)O)C1. The molecule has 3 aromatic heterocycles. The third kappa shape index (κ3) is 6.65. The maximum atomic E-state index is 14.2. The molecule has 39 heavy (non-hydrogen) atoms. The molecule has 13 heteroatoms. The number of amides is 2. The second-order valence-electron chi connectivity index (χ2n) is 11.2. The summed E-state index contributed by atoms with van der Waals surface area (Å²) < 4.78 is 10.1. The van der Waals surface area contributed by atoms with E-state index in [1.165, 1.54) is 11.1 Å². The first-order chi connectivity index (χ1) is 18.4. The van der Waals surface area contributed by atoms with E-state index in [1.807, 2.05) is 40.7 Å². The molecule has 0 saturated carbocycles. The number of rotatable bonds is 8. The molecule has 0 spiro atoms. The van der Waals surface area contributed by atoms with Gasteiger partial charge in [-0.2, -0.15) is 0 Å². The van der Waals surface area contributed by atoms with E-state index >= 15 is 0 Å². The molecule has 1 fully saturated rings. The number of aromatic nitrogens is 4. The lowest BCUT2D eigenvalue weighted by molar-refractivity contribution is 0.0466. The Morgan fingerprint density at radius 3 is 2.67 bits per heavy atom. The molecule has 2 amide bonds. The van der Waals surface area contributed by atoms with Crippen LogP contribution in [0.4, 0.5) is 10.6 Å². The fourth-order valence-corrected chi connectivity index (χ4v) is 4.63. The molecule has 4 heterocycles. The minimum absolute atomic E-state index is 0.0914. The highest BCUT2D eigenvalue weighted by Gasteiger charge is 2.38. The van der Waals surface area contributed by atoms with Gasteiger partial charge in [0.15, 0.2) is 5.82 Å². The van der Waals surface area contributed by atoms with Crippen LogP contribution in [0.3, 0.4) is 0 Å². The topological polar surface area (TPSA) is 171 Å². The number of piperidine rings is 1. The summed E-state index contributed by atoms with van der Waals surface area (Å²) in [6, 6.07) is 3.11. The zero-order valence-corrected chi connectivity index (χ0v) is 22.8. The van der Waals surface area contributed by atoms with Gasteiger partial charge in [0.05, 0.1) is 18.8 Å². The van der Waals surface area contributed by atoms with E-state index in [2.05, 4.69) is 25.0 Å². The molecule has 2 atom stereocenters. The first-order valence-corrected chi connectivity index (χ1v) is 12.9. The lowest BCUT2D eigenvalue weighted by atomic mass is 9.91. The van der Waals surface area contributed by atoms with Crippen molar-refractivity contribution in [3.05, 3.63) is 58.1 Å². The number of nitrogens with one attached hydrogen (secondary N) is 2. The number of carbonyl (C=O) groups excluding carboxylic acids is 1. The van der Waals surface area contributed by atoms with Gasteiger partial charge in [-0.15, -0.1) is 0 Å². The lowest BCUT2D eigenvalue weighted by Crippen LogP contribution is -2.54. The smallest absolute Gasteiger partial charge is 0.438 e. The van der Waals surface area contributed by atoms with Gasteiger partial charge >= 0.3 is 11.8 Å². The first kappa shape index (κ1) is 27.9. The molecule has 0 bridgehead atoms. The van der Waals surface area contributed by atoms with Crippen LogP contribution >= 0.6 is 0 Å². The number of likely N-dealkylation sites (tertiary alicyclic amines) is 1. The predicted octanol–water partition coefficient (Wildman–Crippen LogP) is 3.29. The summed E-state index contributed by atoms with van der Waals surface area (Å²) in [5.41, 5.74) is -0.0815. The van der Waals surface area contributed by atoms with Gasteiger partial charge in [-0.1, -0.05) is 39.8 Å². The molecule has 4 rings (SSSR count). The second kappa shape index (κ2) is 11.3. The zero-order valence-electron chi connectivity index (χ0n) is 22.8. The zero-order chi connectivity index (χ0) is 28.3. The number of hydrogen-bond donors (Lipinski definition) is 3. The van der Waals surface area contributed by atoms with Crippen molar-refractivity contribution in [2.24, 2.45) is 5.92 Å². The summed E-state index contributed by atoms with van der Waals surface area (Å²) in [6.45, 7) is 10.9. The van der Waals surface area contributed by atoms with E-state index in [0.29, 0.717) is 36.9 Å². The summed E-state index contributed by atoms with van der Waals surface area (Å²) in [7, 11) is 0. The molecule has 1 aliphatic heterocycles. The normalized spacial score (nSPS) is 17.8. The fraction of sp³-hybridized carbons (Fsp3) is 0.538. The molecule has 3 N–H and O–H groups in total. The molecule has 1 saturated heterocycles. The summed E-state index contributed by atoms with van der Waals surface area (Å²) >= 11 is 0. The Bertz CT molecular complexity index is 1340. The number of furan rings is 1. The molecule has 0 radical (unpaired) electrons. The summed E-state index contributed by atoms with van der Waals surface area (Å²) in [4.78, 5) is 52.4. The fourth-order valence-electron chi connectivity index (χ4n) is 4.63. The van der Waals surface area contributed by atoms with E-state index in [-0.39, 0.29) is 41.7 Å². The van der Waals surface area contributed by atoms with Crippen LogP contribution in [0.15, 0.2) is 38.3 Å². The van der Waals surface area contributed by atoms with Gasteiger partial charge in [-0.3, -0.25) is 14.3 Å². The molecule has 0 aliphatic carbocycles. The van der Waals surface area contributed by atoms with E-state index < -0.39 is 23.8 Å². The van der Waals surface area contributed by atoms with Gasteiger partial charge in [0.25, 0.3) is 5.91 Å². The number of aromatic amines is 1. The van der Waals surface area contributed by atoms with Crippen LogP contribution in [0, 0.1) is 5.92 Å². The van der Waals surface area contributed by atoms with Gasteiger partial charge < -0.3 is 24.6 Å². The van der Waals surface area contributed by atoms with Crippen molar-refractivity contribution >= 4 is 17.8 Å². The largest absolute Gasteiger partial charge is 0.467 e. The monoisotopic (exact) mass is 541 g/mol. The Morgan fingerprint density at radius 1 is 1.31 bits per heavy atom. The third-order valence-corrected chi connectivity index (χ3v) is 6.51. The van der Waals surface area contributed by atoms with Crippen molar-refractivity contribution in [3.63, 3.8) is 0 Å². The van der Waals surface area contributed by atoms with E-state index in [4.69, 9.17) is 9.40 Å². The number of hydrogen-bond acceptors (Lipinski definition) is 9. The van der Waals surface area contributed by atoms with Gasteiger partial charge in [0.1, 0.15) is 23.0 Å². The van der Waals surface area contributed by atoms with Gasteiger partial charge in [0.2, 0.25) is 0 Å². The van der Waals surface area contributed by atoms with E-state index in [9.17, 15) is 19.5 Å². The van der Waals surface area contributed by atoms with Crippen LogP contribution in [-0.4, -0.2) is 72.7 Å². The van der Waals surface area contributed by atoms with Crippen LogP contribution in [0.2, 0.25) is 0 Å². The highest BCUT2D eigenvalue weighted by atomic mass is 16.5. The maximum Gasteiger partial charge on any atom is 0.438 e. The van der Waals surface area contributed by atoms with Crippen molar-refractivity contribution in [2.75, 3.05) is 25.0 Å². The minimum Gasteiger partial charge on any atom is -0.467 e. The van der Waals surface area contributed by atoms with Crippen LogP contribution < -0.4 is 11.1 Å². The molecule has 0 aromatic carbocycles. The molecule has 3 aromatic rings. The minimum atomic E-state index is -1.12. The van der Waals surface area contributed by atoms with Crippen LogP contribution in [-0.2, 0) is 12.0 Å². The van der Waals surface area contributed by atoms with Crippen molar-refractivity contribution in [1.29, 1.82) is 0 Å². The molecule has 210 valence electrons. The molecular formula is C26H35N7O6. The quantitative estimate of drug-likeness (QED) is 0.384. The van der Waals surface area contributed by atoms with Crippen LogP contribution in [0.1, 0.15) is 74.7 Å². The molecule has 2 unspecified atom stereocenters. The van der Waals surface area contributed by atoms with Crippen molar-refractivity contribution in [3.8, 4) is 0 Å². The van der Waals surface area contributed by atoms with Gasteiger partial charge in [-0.05, 0) is 24.5 Å². The predicted molar refractivity (Wildman–Crippen MR) is 141 cm³/mol. The molecular weight excluding hydrogens is 506 g/mol. The Labute approximate surface area is 225 Å². The average molecular weight is 542 g/mol. The third-order valence-electron chi connectivity index (χ3n) is 6.51. The van der Waals surface area contributed by atoms with E-state index in [0.717, 1.165) is 0 Å². The highest BCUT2D eigenvalue weighted by Crippen LogP contribution is 2.30. The van der Waals surface area contributed by atoms with Crippen LogP contribution in [0.25, 0.3) is 0 Å². The second-order valence-corrected chi connectivity index (χ2v) is 11.2. The highest BCUT2D eigenvalue weighted by molar-refractivity contribution is 5.98. The average Bonchev–Trinajstić information content (AvgIpc) is 3.56. The molecule has 13 nitrogen and oxygen atoms in total.